The number of hydrogen-bond acceptors (Lipinski definition) is 2. The first-order chi connectivity index (χ1) is 8.11. The Balaban J connectivity index is 2.46. The highest BCUT2D eigenvalue weighted by molar-refractivity contribution is 6.31. The fraction of sp³-hybridized carbons (Fsp3) is 0.0769. The van der Waals surface area contributed by atoms with Crippen molar-refractivity contribution in [2.45, 2.75) is 0 Å². The molecule has 0 aliphatic heterocycles. The molecule has 0 unspecified atom stereocenters. The SMILES string of the molecule is COc1ccc(-c2ccc(F)c(Cl)c2)cc1O. The molecule has 0 radical (unpaired) electrons. The molecule has 0 aliphatic rings. The first-order valence-corrected chi connectivity index (χ1v) is 5.32. The first kappa shape index (κ1) is 11.7. The monoisotopic (exact) mass is 252 g/mol. The molecular formula is C13H10ClFO2. The average molecular weight is 253 g/mol. The van der Waals surface area contributed by atoms with E-state index in [2.05, 4.69) is 0 Å². The van der Waals surface area contributed by atoms with Crippen LogP contribution in [0.2, 0.25) is 5.02 Å². The molecule has 2 rings (SSSR count). The van der Waals surface area contributed by atoms with Crippen molar-refractivity contribution in [2.24, 2.45) is 0 Å². The molecular weight excluding hydrogens is 243 g/mol. The van der Waals surface area contributed by atoms with E-state index in [-0.39, 0.29) is 10.8 Å². The maximum Gasteiger partial charge on any atom is 0.160 e. The van der Waals surface area contributed by atoms with Gasteiger partial charge >= 0.3 is 0 Å². The van der Waals surface area contributed by atoms with Gasteiger partial charge in [-0.2, -0.15) is 0 Å². The normalized spacial score (nSPS) is 10.3. The molecule has 0 aliphatic carbocycles. The second-order valence-corrected chi connectivity index (χ2v) is 3.92. The number of phenols is 1. The van der Waals surface area contributed by atoms with Crippen LogP contribution < -0.4 is 4.74 Å². The Labute approximate surface area is 103 Å². The van der Waals surface area contributed by atoms with Gasteiger partial charge in [-0.3, -0.25) is 0 Å². The highest BCUT2D eigenvalue weighted by Crippen LogP contribution is 2.32. The van der Waals surface area contributed by atoms with Crippen molar-refractivity contribution in [1.29, 1.82) is 0 Å². The minimum atomic E-state index is -0.465. The van der Waals surface area contributed by atoms with Crippen molar-refractivity contribution >= 4 is 11.6 Å². The maximum atomic E-state index is 13.0. The summed E-state index contributed by atoms with van der Waals surface area (Å²) >= 11 is 5.70. The van der Waals surface area contributed by atoms with Crippen LogP contribution in [0.1, 0.15) is 0 Å². The third kappa shape index (κ3) is 2.34. The zero-order chi connectivity index (χ0) is 12.4. The van der Waals surface area contributed by atoms with E-state index in [1.54, 1.807) is 24.3 Å². The Bertz CT molecular complexity index is 555. The van der Waals surface area contributed by atoms with Gasteiger partial charge in [-0.05, 0) is 35.4 Å². The van der Waals surface area contributed by atoms with Crippen LogP contribution in [-0.2, 0) is 0 Å². The zero-order valence-corrected chi connectivity index (χ0v) is 9.83. The number of ether oxygens (including phenoxy) is 1. The van der Waals surface area contributed by atoms with E-state index in [1.807, 2.05) is 0 Å². The lowest BCUT2D eigenvalue weighted by Crippen LogP contribution is -1.85. The third-order valence-corrected chi connectivity index (χ3v) is 2.72. The summed E-state index contributed by atoms with van der Waals surface area (Å²) in [6.07, 6.45) is 0. The van der Waals surface area contributed by atoms with Gasteiger partial charge in [-0.1, -0.05) is 23.7 Å². The van der Waals surface area contributed by atoms with Crippen molar-refractivity contribution in [3.05, 3.63) is 47.2 Å². The standard InChI is InChI=1S/C13H10ClFO2/c1-17-13-5-3-9(7-12(13)16)8-2-4-11(15)10(14)6-8/h2-7,16H,1H3. The van der Waals surface area contributed by atoms with Crippen LogP contribution >= 0.6 is 11.6 Å². The fourth-order valence-corrected chi connectivity index (χ4v) is 1.73. The van der Waals surface area contributed by atoms with Gasteiger partial charge in [0.2, 0.25) is 0 Å². The second-order valence-electron chi connectivity index (χ2n) is 3.52. The molecule has 2 nitrogen and oxygen atoms in total. The van der Waals surface area contributed by atoms with Gasteiger partial charge in [0, 0.05) is 0 Å². The number of rotatable bonds is 2. The molecule has 0 fully saturated rings. The summed E-state index contributed by atoms with van der Waals surface area (Å²) < 4.78 is 18.0. The molecule has 2 aromatic rings. The van der Waals surface area contributed by atoms with Crippen LogP contribution in [0.15, 0.2) is 36.4 Å². The van der Waals surface area contributed by atoms with Gasteiger partial charge in [0.1, 0.15) is 5.82 Å². The molecule has 0 spiro atoms. The van der Waals surface area contributed by atoms with E-state index < -0.39 is 5.82 Å². The number of aromatic hydroxyl groups is 1. The van der Waals surface area contributed by atoms with Crippen molar-refractivity contribution in [1.82, 2.24) is 0 Å². The van der Waals surface area contributed by atoms with Gasteiger partial charge in [0.15, 0.2) is 11.5 Å². The van der Waals surface area contributed by atoms with E-state index in [0.717, 1.165) is 11.1 Å². The van der Waals surface area contributed by atoms with Crippen LogP contribution in [0, 0.1) is 5.82 Å². The molecule has 0 atom stereocenters. The number of methoxy groups -OCH3 is 1. The summed E-state index contributed by atoms with van der Waals surface area (Å²) in [4.78, 5) is 0. The van der Waals surface area contributed by atoms with E-state index in [0.29, 0.717) is 5.75 Å². The summed E-state index contributed by atoms with van der Waals surface area (Å²) in [5.41, 5.74) is 1.47. The molecule has 0 aromatic heterocycles. The molecule has 1 N–H and O–H groups in total. The van der Waals surface area contributed by atoms with E-state index >= 15 is 0 Å². The van der Waals surface area contributed by atoms with Crippen molar-refractivity contribution < 1.29 is 14.2 Å². The van der Waals surface area contributed by atoms with Crippen molar-refractivity contribution in [3.63, 3.8) is 0 Å². The van der Waals surface area contributed by atoms with E-state index in [4.69, 9.17) is 16.3 Å². The van der Waals surface area contributed by atoms with Crippen molar-refractivity contribution in [3.8, 4) is 22.6 Å². The maximum absolute atomic E-state index is 13.0. The Morgan fingerprint density at radius 1 is 1.12 bits per heavy atom. The van der Waals surface area contributed by atoms with Gasteiger partial charge < -0.3 is 9.84 Å². The molecule has 2 aromatic carbocycles. The summed E-state index contributed by atoms with van der Waals surface area (Å²) in [5.74, 6) is -0.0412. The quantitative estimate of drug-likeness (QED) is 0.879. The molecule has 0 amide bonds. The largest absolute Gasteiger partial charge is 0.504 e. The summed E-state index contributed by atoms with van der Waals surface area (Å²) in [6.45, 7) is 0. The van der Waals surface area contributed by atoms with Gasteiger partial charge in [0.05, 0.1) is 12.1 Å². The van der Waals surface area contributed by atoms with Gasteiger partial charge in [-0.25, -0.2) is 4.39 Å². The molecule has 0 saturated carbocycles. The smallest absolute Gasteiger partial charge is 0.160 e. The van der Waals surface area contributed by atoms with Gasteiger partial charge in [-0.15, -0.1) is 0 Å². The molecule has 0 heterocycles. The fourth-order valence-electron chi connectivity index (χ4n) is 1.55. The molecule has 4 heteroatoms. The Morgan fingerprint density at radius 2 is 1.76 bits per heavy atom. The predicted octanol–water partition coefficient (Wildman–Crippen LogP) is 3.86. The summed E-state index contributed by atoms with van der Waals surface area (Å²) in [7, 11) is 1.48. The lowest BCUT2D eigenvalue weighted by Gasteiger charge is -2.07. The highest BCUT2D eigenvalue weighted by Gasteiger charge is 2.06. The first-order valence-electron chi connectivity index (χ1n) is 4.94. The van der Waals surface area contributed by atoms with Crippen molar-refractivity contribution in [2.75, 3.05) is 7.11 Å². The lowest BCUT2D eigenvalue weighted by atomic mass is 10.1. The van der Waals surface area contributed by atoms with Crippen LogP contribution in [0.5, 0.6) is 11.5 Å². The highest BCUT2D eigenvalue weighted by atomic mass is 35.5. The third-order valence-electron chi connectivity index (χ3n) is 2.43. The Morgan fingerprint density at radius 3 is 2.35 bits per heavy atom. The summed E-state index contributed by atoms with van der Waals surface area (Å²) in [6, 6.07) is 9.35. The van der Waals surface area contributed by atoms with E-state index in [1.165, 1.54) is 19.2 Å². The average Bonchev–Trinajstić information content (AvgIpc) is 2.32. The van der Waals surface area contributed by atoms with Crippen LogP contribution in [0.3, 0.4) is 0 Å². The minimum Gasteiger partial charge on any atom is -0.504 e. The molecule has 0 saturated heterocycles. The van der Waals surface area contributed by atoms with Crippen LogP contribution in [0.25, 0.3) is 11.1 Å². The minimum absolute atomic E-state index is 0.0328. The van der Waals surface area contributed by atoms with Gasteiger partial charge in [0.25, 0.3) is 0 Å². The number of hydrogen-bond donors (Lipinski definition) is 1. The second kappa shape index (κ2) is 4.63. The molecule has 0 bridgehead atoms. The molecule has 17 heavy (non-hydrogen) atoms. The number of phenolic OH excluding ortho intramolecular Hbond substituents is 1. The number of halogens is 2. The number of benzene rings is 2. The Hall–Kier alpha value is -1.74. The van der Waals surface area contributed by atoms with Crippen LogP contribution in [-0.4, -0.2) is 12.2 Å². The Kier molecular flexibility index (Phi) is 3.20. The predicted molar refractivity (Wildman–Crippen MR) is 65.1 cm³/mol. The summed E-state index contributed by atoms with van der Waals surface area (Å²) in [5, 5.41) is 9.70. The lowest BCUT2D eigenvalue weighted by molar-refractivity contribution is 0.373. The van der Waals surface area contributed by atoms with E-state index in [9.17, 15) is 9.50 Å². The zero-order valence-electron chi connectivity index (χ0n) is 9.08. The van der Waals surface area contributed by atoms with Crippen LogP contribution in [0.4, 0.5) is 4.39 Å². The molecule has 88 valence electrons. The topological polar surface area (TPSA) is 29.5 Å².